The van der Waals surface area contributed by atoms with Gasteiger partial charge in [0.2, 0.25) is 0 Å². The van der Waals surface area contributed by atoms with Crippen molar-refractivity contribution in [1.82, 2.24) is 20.1 Å². The van der Waals surface area contributed by atoms with Gasteiger partial charge in [-0.05, 0) is 42.5 Å². The van der Waals surface area contributed by atoms with Crippen LogP contribution in [0.15, 0.2) is 48.9 Å². The van der Waals surface area contributed by atoms with Crippen LogP contribution < -0.4 is 16.0 Å². The molecule has 0 radical (unpaired) electrons. The highest BCUT2D eigenvalue weighted by molar-refractivity contribution is 5.95. The van der Waals surface area contributed by atoms with Crippen LogP contribution in [0.5, 0.6) is 0 Å². The molecule has 8 nitrogen and oxygen atoms in total. The molecule has 8 heteroatoms. The smallest absolute Gasteiger partial charge is 0.252 e. The summed E-state index contributed by atoms with van der Waals surface area (Å²) in [6, 6.07) is 9.98. The summed E-state index contributed by atoms with van der Waals surface area (Å²) < 4.78 is 1.83. The number of primary amides is 1. The van der Waals surface area contributed by atoms with Gasteiger partial charge in [0, 0.05) is 50.8 Å². The summed E-state index contributed by atoms with van der Waals surface area (Å²) in [6.07, 6.45) is 6.41. The first kappa shape index (κ1) is 20.6. The van der Waals surface area contributed by atoms with Crippen LogP contribution in [-0.2, 0) is 13.0 Å². The Hall–Kier alpha value is -3.68. The molecule has 1 aliphatic rings. The van der Waals surface area contributed by atoms with Gasteiger partial charge in [-0.15, -0.1) is 0 Å². The number of fused-ring (bicyclic) bond motifs is 1. The monoisotopic (exact) mass is 418 g/mol. The average Bonchev–Trinajstić information content (AvgIpc) is 3.21. The Kier molecular flexibility index (Phi) is 5.70. The topological polar surface area (TPSA) is 106 Å². The number of benzene rings is 1. The quantitative estimate of drug-likeness (QED) is 0.638. The fourth-order valence-electron chi connectivity index (χ4n) is 3.89. The van der Waals surface area contributed by atoms with Crippen LogP contribution in [0.3, 0.4) is 0 Å². The Morgan fingerprint density at radius 1 is 1.16 bits per heavy atom. The maximum absolute atomic E-state index is 12.7. The third-order valence-corrected chi connectivity index (χ3v) is 5.71. The molecule has 0 saturated heterocycles. The number of rotatable bonds is 6. The first-order valence-electron chi connectivity index (χ1n) is 10.3. The lowest BCUT2D eigenvalue weighted by atomic mass is 9.94. The lowest BCUT2D eigenvalue weighted by Gasteiger charge is -2.24. The maximum Gasteiger partial charge on any atom is 0.252 e. The van der Waals surface area contributed by atoms with Gasteiger partial charge in [0.15, 0.2) is 0 Å². The van der Waals surface area contributed by atoms with E-state index in [9.17, 15) is 9.59 Å². The van der Waals surface area contributed by atoms with Crippen LogP contribution >= 0.6 is 0 Å². The van der Waals surface area contributed by atoms with Crippen LogP contribution in [0.4, 0.5) is 5.69 Å². The van der Waals surface area contributed by atoms with Gasteiger partial charge < -0.3 is 16.0 Å². The highest BCUT2D eigenvalue weighted by Crippen LogP contribution is 2.24. The lowest BCUT2D eigenvalue weighted by molar-refractivity contribution is 0.0941. The van der Waals surface area contributed by atoms with Crippen molar-refractivity contribution in [1.29, 1.82) is 0 Å². The van der Waals surface area contributed by atoms with E-state index in [1.165, 1.54) is 6.20 Å². The van der Waals surface area contributed by atoms with Gasteiger partial charge in [-0.2, -0.15) is 5.10 Å². The van der Waals surface area contributed by atoms with Crippen molar-refractivity contribution >= 4 is 17.5 Å². The van der Waals surface area contributed by atoms with Crippen molar-refractivity contribution in [3.8, 4) is 11.1 Å². The number of pyridine rings is 1. The van der Waals surface area contributed by atoms with E-state index in [4.69, 9.17) is 5.73 Å². The summed E-state index contributed by atoms with van der Waals surface area (Å²) in [5.41, 5.74) is 10.3. The number of nitrogens with zero attached hydrogens (tertiary/aromatic N) is 4. The second-order valence-electron chi connectivity index (χ2n) is 8.06. The maximum atomic E-state index is 12.7. The number of hydrogen-bond donors (Lipinski definition) is 2. The lowest BCUT2D eigenvalue weighted by Crippen LogP contribution is -2.34. The van der Waals surface area contributed by atoms with Crippen LogP contribution in [0.25, 0.3) is 11.1 Å². The number of aromatic nitrogens is 3. The van der Waals surface area contributed by atoms with E-state index in [1.54, 1.807) is 12.4 Å². The van der Waals surface area contributed by atoms with Gasteiger partial charge in [-0.3, -0.25) is 19.3 Å². The molecular formula is C23H26N6O2. The SMILES string of the molecule is CN(C)c1ccc(-c2cncc(C(=O)NC[C@H]3CCn4ncc(C(N)=O)c4C3)c2)cc1. The predicted molar refractivity (Wildman–Crippen MR) is 119 cm³/mol. The minimum atomic E-state index is -0.465. The molecule has 4 rings (SSSR count). The number of anilines is 1. The van der Waals surface area contributed by atoms with Crippen molar-refractivity contribution in [2.45, 2.75) is 19.4 Å². The molecule has 3 N–H and O–H groups in total. The number of carbonyl (C=O) groups excluding carboxylic acids is 2. The van der Waals surface area contributed by atoms with E-state index in [0.717, 1.165) is 28.9 Å². The summed E-state index contributed by atoms with van der Waals surface area (Å²) in [4.78, 5) is 30.6. The Morgan fingerprint density at radius 2 is 1.94 bits per heavy atom. The zero-order valence-corrected chi connectivity index (χ0v) is 17.7. The summed E-state index contributed by atoms with van der Waals surface area (Å²) in [5.74, 6) is -0.401. The first-order chi connectivity index (χ1) is 14.9. The van der Waals surface area contributed by atoms with Crippen molar-refractivity contribution in [3.05, 3.63) is 65.7 Å². The molecule has 0 bridgehead atoms. The normalized spacial score (nSPS) is 15.2. The van der Waals surface area contributed by atoms with Crippen LogP contribution in [-0.4, -0.2) is 47.2 Å². The minimum absolute atomic E-state index is 0.159. The van der Waals surface area contributed by atoms with Gasteiger partial charge in [-0.1, -0.05) is 12.1 Å². The molecule has 0 unspecified atom stereocenters. The van der Waals surface area contributed by atoms with Gasteiger partial charge in [0.05, 0.1) is 23.0 Å². The number of nitrogens with two attached hydrogens (primary N) is 1. The largest absolute Gasteiger partial charge is 0.378 e. The fourth-order valence-corrected chi connectivity index (χ4v) is 3.89. The molecule has 0 aliphatic carbocycles. The molecule has 31 heavy (non-hydrogen) atoms. The summed E-state index contributed by atoms with van der Waals surface area (Å²) >= 11 is 0. The molecule has 3 aromatic rings. The number of hydrogen-bond acceptors (Lipinski definition) is 5. The first-order valence-corrected chi connectivity index (χ1v) is 10.3. The molecule has 160 valence electrons. The van der Waals surface area contributed by atoms with Crippen LogP contribution in [0.1, 0.15) is 32.8 Å². The number of amides is 2. The molecule has 0 fully saturated rings. The van der Waals surface area contributed by atoms with E-state index in [1.807, 2.05) is 54.0 Å². The predicted octanol–water partition coefficient (Wildman–Crippen LogP) is 2.10. The highest BCUT2D eigenvalue weighted by Gasteiger charge is 2.24. The summed E-state index contributed by atoms with van der Waals surface area (Å²) in [7, 11) is 3.99. The van der Waals surface area contributed by atoms with Gasteiger partial charge in [-0.25, -0.2) is 0 Å². The number of nitrogens with one attached hydrogen (secondary N) is 1. The summed E-state index contributed by atoms with van der Waals surface area (Å²) in [5, 5.41) is 7.24. The molecule has 3 heterocycles. The van der Waals surface area contributed by atoms with Gasteiger partial charge in [0.1, 0.15) is 0 Å². The second kappa shape index (κ2) is 8.59. The molecule has 0 saturated carbocycles. The van der Waals surface area contributed by atoms with Gasteiger partial charge >= 0.3 is 0 Å². The zero-order valence-electron chi connectivity index (χ0n) is 17.7. The third-order valence-electron chi connectivity index (χ3n) is 5.71. The highest BCUT2D eigenvalue weighted by atomic mass is 16.2. The van der Waals surface area contributed by atoms with Crippen molar-refractivity contribution in [2.24, 2.45) is 11.7 Å². The molecule has 2 amide bonds. The minimum Gasteiger partial charge on any atom is -0.378 e. The zero-order chi connectivity index (χ0) is 22.0. The van der Waals surface area contributed by atoms with Crippen molar-refractivity contribution < 1.29 is 9.59 Å². The Bertz CT molecular complexity index is 1100. The fraction of sp³-hybridized carbons (Fsp3) is 0.304. The summed E-state index contributed by atoms with van der Waals surface area (Å²) in [6.45, 7) is 1.23. The van der Waals surface area contributed by atoms with Crippen molar-refractivity contribution in [3.63, 3.8) is 0 Å². The van der Waals surface area contributed by atoms with E-state index < -0.39 is 5.91 Å². The molecule has 1 aliphatic heterocycles. The standard InChI is InChI=1S/C23H26N6O2/c1-28(2)19-5-3-16(4-6-19)17-10-18(13-25-12-17)23(31)26-11-15-7-8-29-21(9-15)20(14-27-29)22(24)30/h3-6,10,12-15H,7-9,11H2,1-2H3,(H2,24,30)(H,26,31)/t15-/m0/s1. The molecule has 2 aromatic heterocycles. The molecule has 1 aromatic carbocycles. The number of aryl methyl sites for hydroxylation is 1. The van der Waals surface area contributed by atoms with E-state index in [2.05, 4.69) is 15.4 Å². The molecular weight excluding hydrogens is 392 g/mol. The molecule has 0 spiro atoms. The van der Waals surface area contributed by atoms with Crippen LogP contribution in [0.2, 0.25) is 0 Å². The van der Waals surface area contributed by atoms with E-state index in [-0.39, 0.29) is 11.8 Å². The Morgan fingerprint density at radius 3 is 2.65 bits per heavy atom. The number of carbonyl (C=O) groups is 2. The third kappa shape index (κ3) is 4.42. The van der Waals surface area contributed by atoms with Gasteiger partial charge in [0.25, 0.3) is 11.8 Å². The average molecular weight is 419 g/mol. The Labute approximate surface area is 181 Å². The molecule has 1 atom stereocenters. The van der Waals surface area contributed by atoms with Crippen LogP contribution in [0, 0.1) is 5.92 Å². The Balaban J connectivity index is 1.41. The van der Waals surface area contributed by atoms with E-state index >= 15 is 0 Å². The van der Waals surface area contributed by atoms with Crippen molar-refractivity contribution in [2.75, 3.05) is 25.5 Å². The van der Waals surface area contributed by atoms with E-state index in [0.29, 0.717) is 30.6 Å². The second-order valence-corrected chi connectivity index (χ2v) is 8.06.